The van der Waals surface area contributed by atoms with Gasteiger partial charge in [0, 0.05) is 5.69 Å². The topological polar surface area (TPSA) is 29.1 Å². The van der Waals surface area contributed by atoms with Gasteiger partial charge in [-0.15, -0.1) is 0 Å². The normalized spacial score (nSPS) is 10.4. The smallest absolute Gasteiger partial charge is 0.228 e. The summed E-state index contributed by atoms with van der Waals surface area (Å²) in [6.45, 7) is 0. The first-order valence-electron chi connectivity index (χ1n) is 6.64. The molecule has 0 aliphatic heterocycles. The zero-order valence-corrected chi connectivity index (χ0v) is 11.0. The Balaban J connectivity index is 1.74. The van der Waals surface area contributed by atoms with Crippen LogP contribution in [0.3, 0.4) is 0 Å². The first-order chi connectivity index (χ1) is 9.81. The molecule has 2 nitrogen and oxygen atoms in total. The Morgan fingerprint density at radius 1 is 0.800 bits per heavy atom. The third kappa shape index (κ3) is 2.86. The number of para-hydroxylation sites is 1. The number of hydrogen-bond acceptors (Lipinski definition) is 1. The zero-order valence-electron chi connectivity index (χ0n) is 11.0. The van der Waals surface area contributed by atoms with Gasteiger partial charge >= 0.3 is 0 Å². The molecule has 20 heavy (non-hydrogen) atoms. The Labute approximate surface area is 118 Å². The van der Waals surface area contributed by atoms with Crippen LogP contribution >= 0.6 is 0 Å². The SMILES string of the molecule is O=C(Cc1ccc2ccccc2c1)Nc1ccccc1. The molecule has 3 rings (SSSR count). The maximum Gasteiger partial charge on any atom is 0.228 e. The van der Waals surface area contributed by atoms with Gasteiger partial charge in [-0.05, 0) is 28.5 Å². The van der Waals surface area contributed by atoms with Crippen molar-refractivity contribution in [2.45, 2.75) is 6.42 Å². The molecule has 1 N–H and O–H groups in total. The second-order valence-corrected chi connectivity index (χ2v) is 4.77. The molecule has 0 unspecified atom stereocenters. The van der Waals surface area contributed by atoms with E-state index in [2.05, 4.69) is 29.6 Å². The third-order valence-corrected chi connectivity index (χ3v) is 3.24. The van der Waals surface area contributed by atoms with E-state index in [0.717, 1.165) is 16.6 Å². The van der Waals surface area contributed by atoms with Crippen LogP contribution in [0.2, 0.25) is 0 Å². The molecule has 3 aromatic rings. The molecule has 3 aromatic carbocycles. The van der Waals surface area contributed by atoms with E-state index in [1.807, 2.05) is 48.5 Å². The summed E-state index contributed by atoms with van der Waals surface area (Å²) in [5.41, 5.74) is 1.86. The Kier molecular flexibility index (Phi) is 3.46. The van der Waals surface area contributed by atoms with Crippen LogP contribution in [0.15, 0.2) is 72.8 Å². The van der Waals surface area contributed by atoms with E-state index in [1.165, 1.54) is 5.39 Å². The standard InChI is InChI=1S/C18H15NO/c20-18(19-17-8-2-1-3-9-17)13-14-10-11-15-6-4-5-7-16(15)12-14/h1-12H,13H2,(H,19,20). The predicted octanol–water partition coefficient (Wildman–Crippen LogP) is 4.02. The summed E-state index contributed by atoms with van der Waals surface area (Å²) in [5.74, 6) is 0.00600. The van der Waals surface area contributed by atoms with Crippen molar-refractivity contribution in [3.05, 3.63) is 78.4 Å². The Morgan fingerprint density at radius 2 is 1.50 bits per heavy atom. The van der Waals surface area contributed by atoms with Crippen LogP contribution in [-0.2, 0) is 11.2 Å². The second kappa shape index (κ2) is 5.57. The summed E-state index contributed by atoms with van der Waals surface area (Å²) >= 11 is 0. The number of nitrogens with one attached hydrogen (secondary N) is 1. The van der Waals surface area contributed by atoms with Crippen LogP contribution in [-0.4, -0.2) is 5.91 Å². The lowest BCUT2D eigenvalue weighted by Crippen LogP contribution is -2.14. The summed E-state index contributed by atoms with van der Waals surface area (Å²) in [5, 5.41) is 5.26. The molecule has 0 fully saturated rings. The molecule has 0 aliphatic rings. The third-order valence-electron chi connectivity index (χ3n) is 3.24. The van der Waals surface area contributed by atoms with Crippen molar-refractivity contribution in [3.63, 3.8) is 0 Å². The summed E-state index contributed by atoms with van der Waals surface area (Å²) in [6.07, 6.45) is 0.389. The number of hydrogen-bond donors (Lipinski definition) is 1. The molecule has 0 heterocycles. The van der Waals surface area contributed by atoms with Crippen LogP contribution < -0.4 is 5.32 Å². The van der Waals surface area contributed by atoms with Gasteiger partial charge in [0.25, 0.3) is 0 Å². The molecule has 0 atom stereocenters. The highest BCUT2D eigenvalue weighted by Crippen LogP contribution is 2.16. The van der Waals surface area contributed by atoms with E-state index in [9.17, 15) is 4.79 Å². The summed E-state index contributed by atoms with van der Waals surface area (Å²) in [4.78, 5) is 12.0. The van der Waals surface area contributed by atoms with Gasteiger partial charge in [-0.25, -0.2) is 0 Å². The first-order valence-corrected chi connectivity index (χ1v) is 6.64. The number of amides is 1. The average Bonchev–Trinajstić information content (AvgIpc) is 2.48. The molecule has 0 saturated carbocycles. The van der Waals surface area contributed by atoms with Crippen LogP contribution in [0.1, 0.15) is 5.56 Å². The maximum absolute atomic E-state index is 12.0. The number of rotatable bonds is 3. The number of carbonyl (C=O) groups is 1. The molecule has 0 bridgehead atoms. The lowest BCUT2D eigenvalue weighted by molar-refractivity contribution is -0.115. The molecule has 2 heteroatoms. The monoisotopic (exact) mass is 261 g/mol. The largest absolute Gasteiger partial charge is 0.326 e. The fraction of sp³-hybridized carbons (Fsp3) is 0.0556. The van der Waals surface area contributed by atoms with E-state index in [4.69, 9.17) is 0 Å². The van der Waals surface area contributed by atoms with Crippen molar-refractivity contribution >= 4 is 22.4 Å². The molecule has 0 aromatic heterocycles. The van der Waals surface area contributed by atoms with Gasteiger partial charge in [0.15, 0.2) is 0 Å². The fourth-order valence-corrected chi connectivity index (χ4v) is 2.26. The summed E-state index contributed by atoms with van der Waals surface area (Å²) < 4.78 is 0. The van der Waals surface area contributed by atoms with Crippen LogP contribution in [0.25, 0.3) is 10.8 Å². The van der Waals surface area contributed by atoms with Crippen molar-refractivity contribution < 1.29 is 4.79 Å². The summed E-state index contributed by atoms with van der Waals surface area (Å²) in [7, 11) is 0. The quantitative estimate of drug-likeness (QED) is 0.758. The van der Waals surface area contributed by atoms with Crippen molar-refractivity contribution in [2.24, 2.45) is 0 Å². The molecule has 0 saturated heterocycles. The molecular formula is C18H15NO. The van der Waals surface area contributed by atoms with E-state index < -0.39 is 0 Å². The van der Waals surface area contributed by atoms with Gasteiger partial charge in [0.05, 0.1) is 6.42 Å². The fourth-order valence-electron chi connectivity index (χ4n) is 2.26. The predicted molar refractivity (Wildman–Crippen MR) is 82.7 cm³/mol. The molecule has 0 spiro atoms. The van der Waals surface area contributed by atoms with Crippen LogP contribution in [0, 0.1) is 0 Å². The van der Waals surface area contributed by atoms with E-state index in [-0.39, 0.29) is 5.91 Å². The first kappa shape index (κ1) is 12.4. The van der Waals surface area contributed by atoms with Gasteiger partial charge in [-0.2, -0.15) is 0 Å². The number of fused-ring (bicyclic) bond motifs is 1. The van der Waals surface area contributed by atoms with Crippen molar-refractivity contribution in [2.75, 3.05) is 5.32 Å². The van der Waals surface area contributed by atoms with Gasteiger partial charge < -0.3 is 5.32 Å². The van der Waals surface area contributed by atoms with Gasteiger partial charge in [0.1, 0.15) is 0 Å². The highest BCUT2D eigenvalue weighted by molar-refractivity contribution is 5.93. The highest BCUT2D eigenvalue weighted by Gasteiger charge is 2.04. The molecular weight excluding hydrogens is 246 g/mol. The Hall–Kier alpha value is -2.61. The molecule has 0 radical (unpaired) electrons. The zero-order chi connectivity index (χ0) is 13.8. The number of benzene rings is 3. The van der Waals surface area contributed by atoms with Gasteiger partial charge in [-0.3, -0.25) is 4.79 Å². The minimum atomic E-state index is 0.00600. The number of anilines is 1. The second-order valence-electron chi connectivity index (χ2n) is 4.77. The van der Waals surface area contributed by atoms with Gasteiger partial charge in [0.2, 0.25) is 5.91 Å². The van der Waals surface area contributed by atoms with E-state index >= 15 is 0 Å². The Bertz CT molecular complexity index is 735. The number of carbonyl (C=O) groups excluding carboxylic acids is 1. The van der Waals surface area contributed by atoms with Crippen LogP contribution in [0.4, 0.5) is 5.69 Å². The Morgan fingerprint density at radius 3 is 2.30 bits per heavy atom. The minimum Gasteiger partial charge on any atom is -0.326 e. The minimum absolute atomic E-state index is 0.00600. The van der Waals surface area contributed by atoms with E-state index in [0.29, 0.717) is 6.42 Å². The maximum atomic E-state index is 12.0. The molecule has 98 valence electrons. The highest BCUT2D eigenvalue weighted by atomic mass is 16.1. The van der Waals surface area contributed by atoms with Crippen molar-refractivity contribution in [1.29, 1.82) is 0 Å². The van der Waals surface area contributed by atoms with Crippen molar-refractivity contribution in [1.82, 2.24) is 0 Å². The lowest BCUT2D eigenvalue weighted by Gasteiger charge is -2.06. The summed E-state index contributed by atoms with van der Waals surface area (Å²) in [6, 6.07) is 23.8. The lowest BCUT2D eigenvalue weighted by atomic mass is 10.0. The van der Waals surface area contributed by atoms with Crippen molar-refractivity contribution in [3.8, 4) is 0 Å². The molecule has 1 amide bonds. The molecule has 0 aliphatic carbocycles. The van der Waals surface area contributed by atoms with Gasteiger partial charge in [-0.1, -0.05) is 60.7 Å². The van der Waals surface area contributed by atoms with E-state index in [1.54, 1.807) is 0 Å². The average molecular weight is 261 g/mol. The van der Waals surface area contributed by atoms with Crippen LogP contribution in [0.5, 0.6) is 0 Å².